The molecule has 27 nitrogen and oxygen atoms in total. The van der Waals surface area contributed by atoms with Crippen LogP contribution in [0.25, 0.3) is 11.1 Å². The quantitative estimate of drug-likeness (QED) is 0.0554. The number of carbonyl (C=O) groups excluding carboxylic acids is 6. The molecule has 0 spiro atoms. The molecule has 8 atom stereocenters. The number of hydrogen-bond donors (Lipinski definition) is 13. The Morgan fingerprint density at radius 1 is 0.588 bits per heavy atom. The third kappa shape index (κ3) is 7.31. The molecule has 4 aromatic carbocycles. The highest BCUT2D eigenvalue weighted by atomic mass is 16.7. The molecule has 0 amide bonds. The zero-order valence-corrected chi connectivity index (χ0v) is 33.4. The molecule has 0 aromatic heterocycles. The van der Waals surface area contributed by atoms with Gasteiger partial charge < -0.3 is 99.5 Å². The minimum absolute atomic E-state index is 0.361. The van der Waals surface area contributed by atoms with Crippen molar-refractivity contribution in [3.05, 3.63) is 58.1 Å². The molecule has 0 saturated carbocycles. The minimum Gasteiger partial charge on any atom is -0.504 e. The molecule has 1 saturated heterocycles. The number of hydrogen-bond acceptors (Lipinski definition) is 26. The van der Waals surface area contributed by atoms with Crippen molar-refractivity contribution in [3.8, 4) is 80.1 Å². The van der Waals surface area contributed by atoms with Gasteiger partial charge in [-0.2, -0.15) is 0 Å². The SMILES string of the molecule is O=C(O)C[C@@H]1C(=O)O[C@@H]2[C@H]3OC(=O)c4cc(O)c(O)c(O)c4-c4c(cc(O)c(O)c4O)C(=O)OC[C@H]2O[C@H](OC(=O)c2cc(O)c(O)c(O)c2)[C@@H]3OC(=O)c2cc(O)c(O)c3c2[C@@H]1[C@@H](O)C(=O)O3. The number of aromatic hydroxyl groups is 11. The van der Waals surface area contributed by atoms with E-state index in [0.29, 0.717) is 30.3 Å². The largest absolute Gasteiger partial charge is 0.504 e. The van der Waals surface area contributed by atoms with E-state index in [1.54, 1.807) is 0 Å². The first-order valence-electron chi connectivity index (χ1n) is 19.2. The number of carboxylic acids is 1. The van der Waals surface area contributed by atoms with E-state index in [4.69, 9.17) is 33.2 Å². The Labute approximate surface area is 374 Å². The fourth-order valence-electron chi connectivity index (χ4n) is 8.04. The average molecular weight is 955 g/mol. The third-order valence-electron chi connectivity index (χ3n) is 11.2. The standard InChI is InChI=1S/C41H30O27/c42-13-1-8(2-14(43)24(13)49)35(56)68-41-34-33-31(64-39(60)12(6-19(47)48)22-23-11(38(59)67-34)5-17(46)27(52)32(23)65-40(61)30(22)55)18(63-41)7-62-36(57)9-3-15(44)25(50)28(53)20(9)21-10(37(58)66-33)4-16(45)26(51)29(21)54/h1-5,12,18,22,30-31,33-34,41-46,49-55H,6-7H2,(H,47,48)/t12-,18+,22+,30+,31-,33+,34+,41+/m0/s1. The smallest absolute Gasteiger partial charge is 0.341 e. The van der Waals surface area contributed by atoms with Crippen LogP contribution in [0.15, 0.2) is 30.3 Å². The maximum Gasteiger partial charge on any atom is 0.341 e. The van der Waals surface area contributed by atoms with Crippen LogP contribution in [0.1, 0.15) is 59.3 Å². The molecule has 4 aromatic rings. The van der Waals surface area contributed by atoms with Gasteiger partial charge >= 0.3 is 41.8 Å². The van der Waals surface area contributed by atoms with E-state index in [1.807, 2.05) is 0 Å². The molecule has 0 aliphatic carbocycles. The second kappa shape index (κ2) is 16.4. The number of aliphatic hydroxyl groups is 1. The van der Waals surface area contributed by atoms with Crippen molar-refractivity contribution in [2.75, 3.05) is 6.61 Å². The van der Waals surface area contributed by atoms with E-state index >= 15 is 0 Å². The van der Waals surface area contributed by atoms with E-state index in [0.717, 1.165) is 0 Å². The number of esters is 6. The molecule has 4 aliphatic heterocycles. The minimum atomic E-state index is -2.58. The van der Waals surface area contributed by atoms with Gasteiger partial charge in [-0.05, 0) is 30.3 Å². The highest BCUT2D eigenvalue weighted by Gasteiger charge is 2.58. The second-order valence-corrected chi connectivity index (χ2v) is 15.2. The Bertz CT molecular complexity index is 2900. The van der Waals surface area contributed by atoms with E-state index in [1.165, 1.54) is 0 Å². The molecule has 356 valence electrons. The zero-order chi connectivity index (χ0) is 49.5. The van der Waals surface area contributed by atoms with Gasteiger partial charge in [0, 0.05) is 22.6 Å². The summed E-state index contributed by atoms with van der Waals surface area (Å²) in [5.74, 6) is -32.0. The lowest BCUT2D eigenvalue weighted by Gasteiger charge is -2.44. The Morgan fingerprint density at radius 2 is 1.10 bits per heavy atom. The number of phenolic OH excluding ortho intramolecular Hbond substituents is 11. The molecule has 68 heavy (non-hydrogen) atoms. The van der Waals surface area contributed by atoms with Gasteiger partial charge in [0.1, 0.15) is 12.7 Å². The maximum absolute atomic E-state index is 14.6. The number of ether oxygens (including phenoxy) is 7. The Balaban J connectivity index is 1.39. The number of cyclic esters (lactones) is 1. The van der Waals surface area contributed by atoms with Gasteiger partial charge in [0.25, 0.3) is 0 Å². The highest BCUT2D eigenvalue weighted by molar-refractivity contribution is 6.08. The molecule has 0 unspecified atom stereocenters. The normalized spacial score (nSPS) is 24.3. The lowest BCUT2D eigenvalue weighted by molar-refractivity contribution is -0.287. The number of rotatable bonds is 4. The predicted octanol–water partition coefficient (Wildman–Crippen LogP) is -0.00170. The number of aliphatic hydroxyl groups excluding tert-OH is 1. The fraction of sp³-hybridized carbons (Fsp3) is 0.244. The van der Waals surface area contributed by atoms with Crippen molar-refractivity contribution in [1.82, 2.24) is 0 Å². The summed E-state index contributed by atoms with van der Waals surface area (Å²) in [6.45, 7) is -1.31. The summed E-state index contributed by atoms with van der Waals surface area (Å²) in [4.78, 5) is 96.8. The number of carboxylic acid groups (broad SMARTS) is 1. The van der Waals surface area contributed by atoms with Crippen molar-refractivity contribution in [1.29, 1.82) is 0 Å². The van der Waals surface area contributed by atoms with Gasteiger partial charge in [0.2, 0.25) is 29.6 Å². The van der Waals surface area contributed by atoms with Crippen LogP contribution in [0.2, 0.25) is 0 Å². The van der Waals surface area contributed by atoms with Crippen molar-refractivity contribution >= 4 is 41.8 Å². The molecule has 27 heteroatoms. The summed E-state index contributed by atoms with van der Waals surface area (Å²) in [5, 5.41) is 137. The van der Waals surface area contributed by atoms with Gasteiger partial charge in [-0.15, -0.1) is 0 Å². The molecule has 1 fully saturated rings. The predicted molar refractivity (Wildman–Crippen MR) is 206 cm³/mol. The van der Waals surface area contributed by atoms with Crippen molar-refractivity contribution in [2.45, 2.75) is 49.1 Å². The first kappa shape index (κ1) is 45.5. The molecule has 0 radical (unpaired) electrons. The van der Waals surface area contributed by atoms with Crippen LogP contribution in [0.4, 0.5) is 0 Å². The van der Waals surface area contributed by atoms with Crippen molar-refractivity contribution in [3.63, 3.8) is 0 Å². The molecule has 4 heterocycles. The lowest BCUT2D eigenvalue weighted by atomic mass is 9.76. The fourth-order valence-corrected chi connectivity index (χ4v) is 8.04. The first-order chi connectivity index (χ1) is 32.0. The van der Waals surface area contributed by atoms with Crippen LogP contribution in [0.3, 0.4) is 0 Å². The lowest BCUT2D eigenvalue weighted by Crippen LogP contribution is -2.63. The number of fused-ring (bicyclic) bond motifs is 3. The van der Waals surface area contributed by atoms with Crippen LogP contribution in [0.5, 0.6) is 69.0 Å². The maximum atomic E-state index is 14.6. The summed E-state index contributed by atoms with van der Waals surface area (Å²) >= 11 is 0. The Kier molecular flexibility index (Phi) is 11.0. The topological polar surface area (TPSA) is 447 Å². The van der Waals surface area contributed by atoms with Crippen molar-refractivity contribution in [2.24, 2.45) is 5.92 Å². The Hall–Kier alpha value is -9.11. The third-order valence-corrected chi connectivity index (χ3v) is 11.2. The summed E-state index contributed by atoms with van der Waals surface area (Å²) in [6, 6.07) is 2.36. The van der Waals surface area contributed by atoms with Crippen LogP contribution in [-0.4, -0.2) is 152 Å². The first-order valence-corrected chi connectivity index (χ1v) is 19.2. The van der Waals surface area contributed by atoms with Gasteiger partial charge in [0.15, 0.2) is 70.1 Å². The van der Waals surface area contributed by atoms with Crippen LogP contribution in [0, 0.1) is 5.92 Å². The zero-order valence-electron chi connectivity index (χ0n) is 33.4. The van der Waals surface area contributed by atoms with Gasteiger partial charge in [-0.25, -0.2) is 24.0 Å². The molecular weight excluding hydrogens is 924 g/mol. The summed E-state index contributed by atoms with van der Waals surface area (Å²) < 4.78 is 38.8. The van der Waals surface area contributed by atoms with Crippen LogP contribution < -0.4 is 4.74 Å². The van der Waals surface area contributed by atoms with Crippen LogP contribution >= 0.6 is 0 Å². The molecule has 4 aliphatic rings. The van der Waals surface area contributed by atoms with Gasteiger partial charge in [-0.1, -0.05) is 0 Å². The molecule has 8 rings (SSSR count). The second-order valence-electron chi connectivity index (χ2n) is 15.2. The van der Waals surface area contributed by atoms with Gasteiger partial charge in [-0.3, -0.25) is 9.59 Å². The number of carbonyl (C=O) groups is 7. The monoisotopic (exact) mass is 954 g/mol. The number of aliphatic carboxylic acids is 1. The number of phenols is 11. The molecule has 4 bridgehead atoms. The van der Waals surface area contributed by atoms with Crippen molar-refractivity contribution < 1.29 is 133 Å². The number of benzene rings is 4. The molecular formula is C41H30O27. The van der Waals surface area contributed by atoms with E-state index in [2.05, 4.69) is 0 Å². The highest BCUT2D eigenvalue weighted by Crippen LogP contribution is 2.54. The van der Waals surface area contributed by atoms with E-state index < -0.39 is 211 Å². The molecule has 13 N–H and O–H groups in total. The Morgan fingerprint density at radius 3 is 1.69 bits per heavy atom. The van der Waals surface area contributed by atoms with Gasteiger partial charge in [0.05, 0.1) is 34.6 Å². The summed E-state index contributed by atoms with van der Waals surface area (Å²) in [7, 11) is 0. The average Bonchev–Trinajstić information content (AvgIpc) is 3.28. The van der Waals surface area contributed by atoms with E-state index in [9.17, 15) is 99.9 Å². The van der Waals surface area contributed by atoms with Crippen LogP contribution in [-0.2, 0) is 42.8 Å². The van der Waals surface area contributed by atoms with E-state index in [-0.39, 0.29) is 0 Å². The summed E-state index contributed by atoms with van der Waals surface area (Å²) in [6.07, 6.45) is -16.3. The summed E-state index contributed by atoms with van der Waals surface area (Å²) in [5.41, 5.74) is -7.08.